The number of amides is 2. The fourth-order valence-electron chi connectivity index (χ4n) is 2.09. The lowest BCUT2D eigenvalue weighted by Crippen LogP contribution is -2.43. The number of alkyl carbamates (subject to hydrolysis) is 1. The Labute approximate surface area is 159 Å². The minimum Gasteiger partial charge on any atom is -0.425 e. The molecule has 1 saturated heterocycles. The van der Waals surface area contributed by atoms with Gasteiger partial charge < -0.3 is 10.1 Å². The number of nitrogens with one attached hydrogen (secondary N) is 1. The van der Waals surface area contributed by atoms with Crippen LogP contribution in [-0.2, 0) is 21.9 Å². The van der Waals surface area contributed by atoms with Gasteiger partial charge in [0.05, 0.1) is 5.88 Å². The van der Waals surface area contributed by atoms with Crippen LogP contribution in [0, 0.1) is 0 Å². The van der Waals surface area contributed by atoms with Crippen LogP contribution >= 0.6 is 11.8 Å². The van der Waals surface area contributed by atoms with Crippen LogP contribution in [-0.4, -0.2) is 33.8 Å². The highest BCUT2D eigenvalue weighted by molar-refractivity contribution is 8.01. The summed E-state index contributed by atoms with van der Waals surface area (Å²) in [5.41, 5.74) is -6.29. The van der Waals surface area contributed by atoms with E-state index in [0.29, 0.717) is 17.0 Å². The van der Waals surface area contributed by atoms with Crippen molar-refractivity contribution in [2.75, 3.05) is 10.8 Å². The fraction of sp³-hybridized carbons (Fsp3) is 0.533. The molecule has 1 fully saturated rings. The van der Waals surface area contributed by atoms with Gasteiger partial charge in [0.2, 0.25) is 5.44 Å². The van der Waals surface area contributed by atoms with Crippen LogP contribution in [0.1, 0.15) is 32.2 Å². The van der Waals surface area contributed by atoms with Crippen molar-refractivity contribution in [3.05, 3.63) is 23.5 Å². The van der Waals surface area contributed by atoms with Crippen molar-refractivity contribution in [1.29, 1.82) is 0 Å². The Morgan fingerprint density at radius 1 is 1.14 bits per heavy atom. The van der Waals surface area contributed by atoms with Gasteiger partial charge >= 0.3 is 18.4 Å². The first-order valence-electron chi connectivity index (χ1n) is 7.66. The van der Waals surface area contributed by atoms with Gasteiger partial charge in [-0.1, -0.05) is 11.8 Å². The lowest BCUT2D eigenvalue weighted by atomic mass is 10.1. The Hall–Kier alpha value is -2.18. The third-order valence-corrected chi connectivity index (χ3v) is 4.22. The lowest BCUT2D eigenvalue weighted by molar-refractivity contribution is -0.150. The van der Waals surface area contributed by atoms with Crippen LogP contribution in [0.2, 0.25) is 0 Å². The quantitative estimate of drug-likeness (QED) is 0.717. The number of hydrogen-bond acceptors (Lipinski definition) is 5. The molecule has 0 spiro atoms. The number of ether oxygens (including phenoxy) is 1. The standard InChI is InChI=1S/C15H15F6N3O3S/c1-13(2,3)23-12(26)27-11-10(25)24(6-28-11)7-4-8(14(16,17)18)22-9(5-7)15(19,20)21/h4-5,11H,6H2,1-3H3,(H,23,26). The monoisotopic (exact) mass is 431 g/mol. The summed E-state index contributed by atoms with van der Waals surface area (Å²) in [6, 6.07) is 0.677. The van der Waals surface area contributed by atoms with Crippen LogP contribution in [0.4, 0.5) is 36.8 Å². The first-order chi connectivity index (χ1) is 12.6. The fourth-order valence-corrected chi connectivity index (χ4v) is 3.07. The van der Waals surface area contributed by atoms with Gasteiger partial charge in [-0.15, -0.1) is 0 Å². The van der Waals surface area contributed by atoms with E-state index in [1.807, 2.05) is 0 Å². The number of hydrogen-bond donors (Lipinski definition) is 1. The normalized spacial score (nSPS) is 18.4. The van der Waals surface area contributed by atoms with E-state index in [0.717, 1.165) is 11.8 Å². The summed E-state index contributed by atoms with van der Waals surface area (Å²) in [7, 11) is 0. The smallest absolute Gasteiger partial charge is 0.425 e. The van der Waals surface area contributed by atoms with E-state index in [-0.39, 0.29) is 5.88 Å². The summed E-state index contributed by atoms with van der Waals surface area (Å²) in [5.74, 6) is -1.26. The van der Waals surface area contributed by atoms with E-state index in [1.165, 1.54) is 0 Å². The molecule has 1 aromatic heterocycles. The molecular formula is C15H15F6N3O3S. The molecule has 2 heterocycles. The van der Waals surface area contributed by atoms with Crippen molar-refractivity contribution in [2.45, 2.75) is 44.1 Å². The number of carbonyl (C=O) groups is 2. The zero-order valence-corrected chi connectivity index (χ0v) is 15.6. The minimum atomic E-state index is -5.14. The van der Waals surface area contributed by atoms with Crippen molar-refractivity contribution in [1.82, 2.24) is 10.3 Å². The summed E-state index contributed by atoms with van der Waals surface area (Å²) in [6.45, 7) is 4.95. The van der Waals surface area contributed by atoms with Crippen LogP contribution in [0.3, 0.4) is 0 Å². The number of carbonyl (C=O) groups excluding carboxylic acids is 2. The van der Waals surface area contributed by atoms with Crippen LogP contribution in [0.5, 0.6) is 0 Å². The summed E-state index contributed by atoms with van der Waals surface area (Å²) >= 11 is 0.745. The summed E-state index contributed by atoms with van der Waals surface area (Å²) in [6.07, 6.45) is -11.2. The molecule has 1 atom stereocenters. The van der Waals surface area contributed by atoms with Crippen molar-refractivity contribution in [3.8, 4) is 0 Å². The molecule has 0 bridgehead atoms. The molecule has 156 valence electrons. The first kappa shape index (κ1) is 22.1. The van der Waals surface area contributed by atoms with Gasteiger partial charge in [-0.3, -0.25) is 9.69 Å². The average Bonchev–Trinajstić information content (AvgIpc) is 2.84. The van der Waals surface area contributed by atoms with Crippen molar-refractivity contribution in [2.24, 2.45) is 0 Å². The second kappa shape index (κ2) is 7.33. The Kier molecular flexibility index (Phi) is 5.79. The number of halogens is 6. The minimum absolute atomic E-state index is 0.301. The van der Waals surface area contributed by atoms with E-state index in [4.69, 9.17) is 4.74 Å². The van der Waals surface area contributed by atoms with E-state index in [2.05, 4.69) is 10.3 Å². The molecule has 1 N–H and O–H groups in total. The first-order valence-corrected chi connectivity index (χ1v) is 8.71. The van der Waals surface area contributed by atoms with Crippen molar-refractivity contribution >= 4 is 29.4 Å². The second-order valence-electron chi connectivity index (χ2n) is 6.77. The van der Waals surface area contributed by atoms with Crippen molar-refractivity contribution < 1.29 is 40.7 Å². The maximum Gasteiger partial charge on any atom is 0.433 e. The molecule has 2 rings (SSSR count). The summed E-state index contributed by atoms with van der Waals surface area (Å²) in [4.78, 5) is 27.4. The Balaban J connectivity index is 2.28. The molecule has 1 aromatic rings. The molecule has 1 aliphatic rings. The van der Waals surface area contributed by atoms with E-state index in [1.54, 1.807) is 20.8 Å². The lowest BCUT2D eigenvalue weighted by Gasteiger charge is -2.21. The average molecular weight is 431 g/mol. The maximum absolute atomic E-state index is 12.9. The number of aromatic nitrogens is 1. The van der Waals surface area contributed by atoms with Crippen LogP contribution in [0.15, 0.2) is 12.1 Å². The molecule has 0 aromatic carbocycles. The van der Waals surface area contributed by atoms with Gasteiger partial charge in [0, 0.05) is 11.2 Å². The highest BCUT2D eigenvalue weighted by Crippen LogP contribution is 2.38. The molecule has 6 nitrogen and oxygen atoms in total. The predicted octanol–water partition coefficient (Wildman–Crippen LogP) is 4.01. The van der Waals surface area contributed by atoms with Gasteiger partial charge in [-0.25, -0.2) is 9.78 Å². The van der Waals surface area contributed by atoms with E-state index >= 15 is 0 Å². The number of thioether (sulfide) groups is 1. The third-order valence-electron chi connectivity index (χ3n) is 3.22. The van der Waals surface area contributed by atoms with Gasteiger partial charge in [0.15, 0.2) is 0 Å². The summed E-state index contributed by atoms with van der Waals surface area (Å²) in [5, 5.41) is 2.43. The Morgan fingerprint density at radius 3 is 2.07 bits per heavy atom. The second-order valence-corrected chi connectivity index (χ2v) is 7.79. The largest absolute Gasteiger partial charge is 0.433 e. The van der Waals surface area contributed by atoms with Gasteiger partial charge in [-0.05, 0) is 32.9 Å². The molecule has 0 aliphatic carbocycles. The molecule has 1 unspecified atom stereocenters. The molecule has 0 radical (unpaired) electrons. The molecular weight excluding hydrogens is 416 g/mol. The van der Waals surface area contributed by atoms with E-state index in [9.17, 15) is 35.9 Å². The third kappa shape index (κ3) is 5.42. The number of pyridine rings is 1. The molecule has 0 saturated carbocycles. The zero-order chi connectivity index (χ0) is 21.5. The topological polar surface area (TPSA) is 71.5 Å². The highest BCUT2D eigenvalue weighted by atomic mass is 32.2. The van der Waals surface area contributed by atoms with Gasteiger partial charge in [0.25, 0.3) is 5.91 Å². The number of alkyl halides is 6. The van der Waals surface area contributed by atoms with Crippen molar-refractivity contribution in [3.63, 3.8) is 0 Å². The van der Waals surface area contributed by atoms with Gasteiger partial charge in [0.1, 0.15) is 11.4 Å². The van der Waals surface area contributed by atoms with Crippen LogP contribution in [0.25, 0.3) is 0 Å². The molecule has 1 aliphatic heterocycles. The number of rotatable bonds is 2. The molecule has 28 heavy (non-hydrogen) atoms. The highest BCUT2D eigenvalue weighted by Gasteiger charge is 2.42. The zero-order valence-electron chi connectivity index (χ0n) is 14.7. The molecule has 13 heteroatoms. The maximum atomic E-state index is 12.9. The van der Waals surface area contributed by atoms with E-state index < -0.39 is 52.4 Å². The number of anilines is 1. The summed E-state index contributed by atoms with van der Waals surface area (Å²) < 4.78 is 82.4. The number of nitrogens with zero attached hydrogens (tertiary/aromatic N) is 2. The van der Waals surface area contributed by atoms with Crippen LogP contribution < -0.4 is 10.2 Å². The Morgan fingerprint density at radius 2 is 1.64 bits per heavy atom. The Bertz CT molecular complexity index is 744. The predicted molar refractivity (Wildman–Crippen MR) is 87.3 cm³/mol. The van der Waals surface area contributed by atoms with Gasteiger partial charge in [-0.2, -0.15) is 26.3 Å². The SMILES string of the molecule is CC(C)(C)NC(=O)OC1SCN(c2cc(C(F)(F)F)nc(C(F)(F)F)c2)C1=O. The molecule has 2 amide bonds.